The zero-order valence-electron chi connectivity index (χ0n) is 8.03. The van der Waals surface area contributed by atoms with Gasteiger partial charge in [0.1, 0.15) is 5.82 Å². The van der Waals surface area contributed by atoms with Crippen LogP contribution in [0.2, 0.25) is 0 Å². The lowest BCUT2D eigenvalue weighted by molar-refractivity contribution is 0.302. The van der Waals surface area contributed by atoms with Crippen molar-refractivity contribution in [3.8, 4) is 0 Å². The van der Waals surface area contributed by atoms with Gasteiger partial charge < -0.3 is 20.7 Å². The lowest BCUT2D eigenvalue weighted by atomic mass is 10.4. The van der Waals surface area contributed by atoms with Crippen LogP contribution in [0.3, 0.4) is 0 Å². The number of aliphatic hydroxyl groups excluding tert-OH is 1. The number of nitrogen functional groups attached to an aromatic ring is 1. The summed E-state index contributed by atoms with van der Waals surface area (Å²) in [6.07, 6.45) is 0. The zero-order valence-corrected chi connectivity index (χ0v) is 8.03. The van der Waals surface area contributed by atoms with E-state index in [1.54, 1.807) is 4.90 Å². The van der Waals surface area contributed by atoms with Crippen LogP contribution in [-0.4, -0.2) is 34.8 Å². The predicted octanol–water partition coefficient (Wildman–Crippen LogP) is -0.829. The molecule has 0 aliphatic rings. The zero-order chi connectivity index (χ0) is 10.6. The van der Waals surface area contributed by atoms with Crippen molar-refractivity contribution in [2.75, 3.05) is 30.3 Å². The van der Waals surface area contributed by atoms with E-state index < -0.39 is 0 Å². The molecule has 6 heteroatoms. The molecule has 0 aliphatic carbocycles. The summed E-state index contributed by atoms with van der Waals surface area (Å²) in [4.78, 5) is 19.1. The van der Waals surface area contributed by atoms with Gasteiger partial charge in [-0.1, -0.05) is 0 Å². The monoisotopic (exact) mass is 198 g/mol. The Hall–Kier alpha value is -1.56. The number of aromatic nitrogens is 2. The first-order valence-corrected chi connectivity index (χ1v) is 4.40. The van der Waals surface area contributed by atoms with Crippen LogP contribution in [0.15, 0.2) is 10.9 Å². The second kappa shape index (κ2) is 4.61. The summed E-state index contributed by atoms with van der Waals surface area (Å²) in [6, 6.07) is 1.36. The minimum Gasteiger partial charge on any atom is -0.395 e. The van der Waals surface area contributed by atoms with Gasteiger partial charge in [-0.15, -0.1) is 0 Å². The van der Waals surface area contributed by atoms with Gasteiger partial charge >= 0.3 is 0 Å². The van der Waals surface area contributed by atoms with Crippen LogP contribution >= 0.6 is 0 Å². The number of nitrogens with two attached hydrogens (primary N) is 1. The van der Waals surface area contributed by atoms with Crippen molar-refractivity contribution in [1.29, 1.82) is 0 Å². The van der Waals surface area contributed by atoms with E-state index >= 15 is 0 Å². The number of H-pyrrole nitrogens is 1. The van der Waals surface area contributed by atoms with E-state index in [1.165, 1.54) is 6.07 Å². The first kappa shape index (κ1) is 10.5. The SMILES string of the molecule is CCN(CCO)c1cc(=O)nc(N)[nH]1. The average Bonchev–Trinajstić information content (AvgIpc) is 2.12. The summed E-state index contributed by atoms with van der Waals surface area (Å²) in [5, 5.41) is 8.79. The average molecular weight is 198 g/mol. The molecule has 0 amide bonds. The fourth-order valence-corrected chi connectivity index (χ4v) is 1.20. The standard InChI is InChI=1S/C8H14N4O2/c1-2-12(3-4-13)6-5-7(14)11-8(9)10-6/h5,13H,2-4H2,1H3,(H3,9,10,11,14). The molecule has 0 unspecified atom stereocenters. The first-order valence-electron chi connectivity index (χ1n) is 4.40. The molecule has 1 heterocycles. The number of anilines is 2. The number of hydrogen-bond donors (Lipinski definition) is 3. The van der Waals surface area contributed by atoms with Crippen molar-refractivity contribution in [2.24, 2.45) is 0 Å². The Morgan fingerprint density at radius 3 is 2.93 bits per heavy atom. The molecule has 0 radical (unpaired) electrons. The molecule has 0 saturated heterocycles. The summed E-state index contributed by atoms with van der Waals surface area (Å²) in [6.45, 7) is 3.08. The Bertz CT molecular complexity index is 349. The Balaban J connectivity index is 2.97. The third-order valence-electron chi connectivity index (χ3n) is 1.84. The number of aliphatic hydroxyl groups is 1. The van der Waals surface area contributed by atoms with Crippen molar-refractivity contribution >= 4 is 11.8 Å². The molecule has 0 aliphatic heterocycles. The third-order valence-corrected chi connectivity index (χ3v) is 1.84. The molecular formula is C8H14N4O2. The molecule has 6 nitrogen and oxygen atoms in total. The molecular weight excluding hydrogens is 184 g/mol. The largest absolute Gasteiger partial charge is 0.395 e. The van der Waals surface area contributed by atoms with Crippen molar-refractivity contribution in [2.45, 2.75) is 6.92 Å². The summed E-state index contributed by atoms with van der Waals surface area (Å²) in [7, 11) is 0. The minimum atomic E-state index is -0.382. The maximum atomic E-state index is 11.0. The molecule has 1 aromatic heterocycles. The number of nitrogens with zero attached hydrogens (tertiary/aromatic N) is 2. The number of likely N-dealkylation sites (N-methyl/N-ethyl adjacent to an activating group) is 1. The molecule has 78 valence electrons. The van der Waals surface area contributed by atoms with Crippen molar-refractivity contribution in [1.82, 2.24) is 9.97 Å². The van der Waals surface area contributed by atoms with Gasteiger partial charge in [-0.25, -0.2) is 0 Å². The number of hydrogen-bond acceptors (Lipinski definition) is 5. The molecule has 4 N–H and O–H groups in total. The topological polar surface area (TPSA) is 95.2 Å². The molecule has 0 atom stereocenters. The normalized spacial score (nSPS) is 10.1. The van der Waals surface area contributed by atoms with Gasteiger partial charge in [-0.05, 0) is 6.92 Å². The van der Waals surface area contributed by atoms with Gasteiger partial charge in [0.05, 0.1) is 6.61 Å². The van der Waals surface area contributed by atoms with E-state index in [9.17, 15) is 4.79 Å². The van der Waals surface area contributed by atoms with E-state index in [-0.39, 0.29) is 18.1 Å². The second-order valence-electron chi connectivity index (χ2n) is 2.79. The fraction of sp³-hybridized carbons (Fsp3) is 0.500. The van der Waals surface area contributed by atoms with Gasteiger partial charge in [0, 0.05) is 19.2 Å². The summed E-state index contributed by atoms with van der Waals surface area (Å²) >= 11 is 0. The lowest BCUT2D eigenvalue weighted by Crippen LogP contribution is -2.28. The summed E-state index contributed by atoms with van der Waals surface area (Å²) in [5.74, 6) is 0.669. The van der Waals surface area contributed by atoms with Crippen LogP contribution in [0.1, 0.15) is 6.92 Å². The highest BCUT2D eigenvalue weighted by Gasteiger charge is 2.05. The Labute approximate surface area is 81.4 Å². The molecule has 0 fully saturated rings. The van der Waals surface area contributed by atoms with E-state index in [1.807, 2.05) is 6.92 Å². The van der Waals surface area contributed by atoms with Crippen molar-refractivity contribution < 1.29 is 5.11 Å². The lowest BCUT2D eigenvalue weighted by Gasteiger charge is -2.21. The van der Waals surface area contributed by atoms with Gasteiger partial charge in [-0.2, -0.15) is 4.98 Å². The van der Waals surface area contributed by atoms with Crippen LogP contribution in [0, 0.1) is 0 Å². The maximum Gasteiger partial charge on any atom is 0.276 e. The molecule has 0 spiro atoms. The fourth-order valence-electron chi connectivity index (χ4n) is 1.20. The second-order valence-corrected chi connectivity index (χ2v) is 2.79. The highest BCUT2D eigenvalue weighted by atomic mass is 16.3. The Kier molecular flexibility index (Phi) is 3.47. The minimum absolute atomic E-state index is 0.0259. The van der Waals surface area contributed by atoms with Crippen LogP contribution < -0.4 is 16.2 Å². The molecule has 1 rings (SSSR count). The van der Waals surface area contributed by atoms with Crippen LogP contribution in [0.25, 0.3) is 0 Å². The van der Waals surface area contributed by atoms with E-state index in [4.69, 9.17) is 10.8 Å². The van der Waals surface area contributed by atoms with Gasteiger partial charge in [-0.3, -0.25) is 4.79 Å². The van der Waals surface area contributed by atoms with E-state index in [2.05, 4.69) is 9.97 Å². The molecule has 0 saturated carbocycles. The van der Waals surface area contributed by atoms with Crippen molar-refractivity contribution in [3.05, 3.63) is 16.4 Å². The molecule has 0 bridgehead atoms. The summed E-state index contributed by atoms with van der Waals surface area (Å²) in [5.41, 5.74) is 5.01. The highest BCUT2D eigenvalue weighted by molar-refractivity contribution is 5.40. The van der Waals surface area contributed by atoms with Crippen LogP contribution in [-0.2, 0) is 0 Å². The predicted molar refractivity (Wildman–Crippen MR) is 54.2 cm³/mol. The van der Waals surface area contributed by atoms with Crippen LogP contribution in [0.4, 0.5) is 11.8 Å². The van der Waals surface area contributed by atoms with Gasteiger partial charge in [0.15, 0.2) is 0 Å². The Morgan fingerprint density at radius 1 is 1.71 bits per heavy atom. The molecule has 1 aromatic rings. The smallest absolute Gasteiger partial charge is 0.276 e. The molecule has 14 heavy (non-hydrogen) atoms. The van der Waals surface area contributed by atoms with Crippen LogP contribution in [0.5, 0.6) is 0 Å². The third kappa shape index (κ3) is 2.46. The van der Waals surface area contributed by atoms with E-state index in [0.717, 1.165) is 0 Å². The number of nitrogens with one attached hydrogen (secondary N) is 1. The first-order chi connectivity index (χ1) is 6.67. The summed E-state index contributed by atoms with van der Waals surface area (Å²) < 4.78 is 0. The Morgan fingerprint density at radius 2 is 2.43 bits per heavy atom. The number of aromatic amines is 1. The quantitative estimate of drug-likeness (QED) is 0.587. The van der Waals surface area contributed by atoms with Crippen molar-refractivity contribution in [3.63, 3.8) is 0 Å². The number of rotatable bonds is 4. The molecule has 0 aromatic carbocycles. The van der Waals surface area contributed by atoms with E-state index in [0.29, 0.717) is 18.9 Å². The maximum absolute atomic E-state index is 11.0. The van der Waals surface area contributed by atoms with Gasteiger partial charge in [0.2, 0.25) is 5.95 Å². The van der Waals surface area contributed by atoms with Gasteiger partial charge in [0.25, 0.3) is 5.56 Å². The highest BCUT2D eigenvalue weighted by Crippen LogP contribution is 2.07.